The highest BCUT2D eigenvalue weighted by Gasteiger charge is 2.31. The van der Waals surface area contributed by atoms with Gasteiger partial charge in [0.15, 0.2) is 23.0 Å². The molecule has 6 rings (SSSR count). The molecule has 0 bridgehead atoms. The predicted octanol–water partition coefficient (Wildman–Crippen LogP) is 5.59. The summed E-state index contributed by atoms with van der Waals surface area (Å²) in [6.45, 7) is 2.81. The minimum atomic E-state index is -1.09. The first-order valence-corrected chi connectivity index (χ1v) is 13.1. The van der Waals surface area contributed by atoms with Crippen molar-refractivity contribution in [1.82, 2.24) is 13.3 Å². The molecule has 1 aliphatic heterocycles. The van der Waals surface area contributed by atoms with Crippen LogP contribution in [0.5, 0.6) is 28.7 Å². The van der Waals surface area contributed by atoms with Gasteiger partial charge in [0.25, 0.3) is 0 Å². The highest BCUT2D eigenvalue weighted by atomic mass is 32.1. The summed E-state index contributed by atoms with van der Waals surface area (Å²) in [6, 6.07) is 12.9. The summed E-state index contributed by atoms with van der Waals surface area (Å²) in [7, 11) is 3.09. The third kappa shape index (κ3) is 4.15. The number of hydrogen-bond acceptors (Lipinski definition) is 9. The molecule has 1 aliphatic rings. The number of methoxy groups -OCH3 is 2. The first-order valence-electron chi connectivity index (χ1n) is 12.3. The van der Waals surface area contributed by atoms with Crippen molar-refractivity contribution in [3.8, 4) is 39.9 Å². The van der Waals surface area contributed by atoms with Gasteiger partial charge in [-0.3, -0.25) is 0 Å². The summed E-state index contributed by atoms with van der Waals surface area (Å²) in [5, 5.41) is 11.2. The molecule has 2 aromatic heterocycles. The van der Waals surface area contributed by atoms with E-state index in [2.05, 4.69) is 8.75 Å². The van der Waals surface area contributed by atoms with Gasteiger partial charge in [0.1, 0.15) is 16.7 Å². The molecular weight excluding hydrogens is 522 g/mol. The van der Waals surface area contributed by atoms with E-state index in [0.717, 1.165) is 34.7 Å². The molecule has 0 saturated carbocycles. The van der Waals surface area contributed by atoms with Gasteiger partial charge in [-0.05, 0) is 41.8 Å². The van der Waals surface area contributed by atoms with Crippen molar-refractivity contribution < 1.29 is 33.6 Å². The highest BCUT2D eigenvalue weighted by molar-refractivity contribution is 7.00. The van der Waals surface area contributed by atoms with Crippen molar-refractivity contribution in [2.75, 3.05) is 27.6 Å². The molecule has 1 N–H and O–H groups in total. The van der Waals surface area contributed by atoms with Crippen LogP contribution in [0.3, 0.4) is 0 Å². The summed E-state index contributed by atoms with van der Waals surface area (Å²) in [5.41, 5.74) is 4.25. The van der Waals surface area contributed by atoms with Crippen molar-refractivity contribution in [2.45, 2.75) is 19.9 Å². The van der Waals surface area contributed by atoms with E-state index < -0.39 is 5.97 Å². The number of nitrogens with zero attached hydrogens (tertiary/aromatic N) is 3. The van der Waals surface area contributed by atoms with Crippen LogP contribution in [0.4, 0.5) is 0 Å². The Labute approximate surface area is 227 Å². The maximum absolute atomic E-state index is 13.0. The molecule has 0 saturated heterocycles. The second-order valence-electron chi connectivity index (χ2n) is 8.95. The molecule has 0 radical (unpaired) electrons. The molecule has 11 heteroatoms. The summed E-state index contributed by atoms with van der Waals surface area (Å²) in [6.07, 6.45) is 0.773. The van der Waals surface area contributed by atoms with Crippen molar-refractivity contribution in [3.63, 3.8) is 0 Å². The number of ether oxygens (including phenoxy) is 5. The van der Waals surface area contributed by atoms with Gasteiger partial charge in [0.2, 0.25) is 12.5 Å². The number of benzene rings is 3. The van der Waals surface area contributed by atoms with E-state index in [4.69, 9.17) is 23.7 Å². The van der Waals surface area contributed by atoms with Crippen LogP contribution in [0.2, 0.25) is 0 Å². The zero-order valence-corrected chi connectivity index (χ0v) is 22.3. The lowest BCUT2D eigenvalue weighted by Gasteiger charge is -2.16. The highest BCUT2D eigenvalue weighted by Crippen LogP contribution is 2.50. The summed E-state index contributed by atoms with van der Waals surface area (Å²) < 4.78 is 39.2. The van der Waals surface area contributed by atoms with Crippen molar-refractivity contribution in [3.05, 3.63) is 53.7 Å². The van der Waals surface area contributed by atoms with E-state index in [9.17, 15) is 9.90 Å². The van der Waals surface area contributed by atoms with Gasteiger partial charge >= 0.3 is 5.97 Å². The minimum Gasteiger partial charge on any atom is -0.493 e. The number of aromatic nitrogens is 3. The Kier molecular flexibility index (Phi) is 6.35. The Morgan fingerprint density at radius 1 is 1.03 bits per heavy atom. The summed E-state index contributed by atoms with van der Waals surface area (Å²) in [5.74, 6) is 1.31. The number of carboxylic acids is 1. The molecule has 5 aromatic rings. The van der Waals surface area contributed by atoms with Gasteiger partial charge in [0, 0.05) is 18.2 Å². The molecule has 200 valence electrons. The number of aromatic carboxylic acids is 1. The van der Waals surface area contributed by atoms with E-state index >= 15 is 0 Å². The lowest BCUT2D eigenvalue weighted by molar-refractivity contribution is 0.0687. The molecule has 0 fully saturated rings. The van der Waals surface area contributed by atoms with Crippen molar-refractivity contribution >= 4 is 39.6 Å². The zero-order valence-electron chi connectivity index (χ0n) is 21.5. The minimum absolute atomic E-state index is 0.0911. The van der Waals surface area contributed by atoms with E-state index in [-0.39, 0.29) is 19.0 Å². The molecular formula is C28H25N3O7S. The van der Waals surface area contributed by atoms with Gasteiger partial charge in [-0.15, -0.1) is 0 Å². The fourth-order valence-corrected chi connectivity index (χ4v) is 5.46. The quantitative estimate of drug-likeness (QED) is 0.252. The number of hydrogen-bond donors (Lipinski definition) is 1. The molecule has 39 heavy (non-hydrogen) atoms. The molecule has 0 spiro atoms. The molecule has 0 amide bonds. The molecule has 3 aromatic carbocycles. The van der Waals surface area contributed by atoms with Crippen molar-refractivity contribution in [1.29, 1.82) is 0 Å². The molecule has 10 nitrogen and oxygen atoms in total. The van der Waals surface area contributed by atoms with Crippen LogP contribution >= 0.6 is 11.7 Å². The van der Waals surface area contributed by atoms with Crippen LogP contribution in [0.15, 0.2) is 42.5 Å². The van der Waals surface area contributed by atoms with Gasteiger partial charge in [0.05, 0.1) is 43.5 Å². The fourth-order valence-electron chi connectivity index (χ4n) is 4.95. The van der Waals surface area contributed by atoms with E-state index in [1.807, 2.05) is 31.2 Å². The standard InChI is InChI=1S/C28H25N3O7S/c1-4-9-36-26-22(34-2)12-19-24(27(26)35-3)23(16-6-8-20-21(11-16)38-14-37-20)25(28(32)33)31(19)13-15-5-7-17-18(10-15)30-39-29-17/h5-8,10-12H,4,9,13-14H2,1-3H3,(H,32,33). The number of fused-ring (bicyclic) bond motifs is 3. The first-order chi connectivity index (χ1) is 19.0. The molecule has 3 heterocycles. The number of carboxylic acid groups (broad SMARTS) is 1. The van der Waals surface area contributed by atoms with Crippen LogP contribution < -0.4 is 23.7 Å². The third-order valence-corrected chi connectivity index (χ3v) is 7.18. The van der Waals surface area contributed by atoms with Crippen molar-refractivity contribution in [2.24, 2.45) is 0 Å². The lowest BCUT2D eigenvalue weighted by atomic mass is 10.00. The van der Waals surface area contributed by atoms with Crippen LogP contribution in [-0.2, 0) is 6.54 Å². The lowest BCUT2D eigenvalue weighted by Crippen LogP contribution is -2.10. The maximum Gasteiger partial charge on any atom is 0.353 e. The van der Waals surface area contributed by atoms with E-state index in [1.165, 1.54) is 7.11 Å². The fraction of sp³-hybridized carbons (Fsp3) is 0.250. The van der Waals surface area contributed by atoms with Gasteiger partial charge < -0.3 is 33.4 Å². The van der Waals surface area contributed by atoms with Crippen LogP contribution in [-0.4, -0.2) is 52.0 Å². The number of carbonyl (C=O) groups is 1. The number of rotatable bonds is 9. The largest absolute Gasteiger partial charge is 0.493 e. The third-order valence-electron chi connectivity index (χ3n) is 6.63. The zero-order chi connectivity index (χ0) is 27.1. The Hall–Kier alpha value is -4.51. The Balaban J connectivity index is 1.67. The van der Waals surface area contributed by atoms with Crippen LogP contribution in [0.1, 0.15) is 29.4 Å². The second-order valence-corrected chi connectivity index (χ2v) is 9.48. The normalized spacial score (nSPS) is 12.3. The van der Waals surface area contributed by atoms with Gasteiger partial charge in [-0.2, -0.15) is 8.75 Å². The monoisotopic (exact) mass is 547 g/mol. The molecule has 0 atom stereocenters. The van der Waals surface area contributed by atoms with Crippen LogP contribution in [0.25, 0.3) is 33.1 Å². The average molecular weight is 548 g/mol. The van der Waals surface area contributed by atoms with Gasteiger partial charge in [-0.25, -0.2) is 4.79 Å². The molecule has 0 unspecified atom stereocenters. The van der Waals surface area contributed by atoms with Gasteiger partial charge in [-0.1, -0.05) is 19.1 Å². The summed E-state index contributed by atoms with van der Waals surface area (Å²) in [4.78, 5) is 13.0. The predicted molar refractivity (Wildman–Crippen MR) is 146 cm³/mol. The smallest absolute Gasteiger partial charge is 0.353 e. The maximum atomic E-state index is 13.0. The Morgan fingerprint density at radius 2 is 1.85 bits per heavy atom. The van der Waals surface area contributed by atoms with E-state index in [1.54, 1.807) is 29.9 Å². The van der Waals surface area contributed by atoms with Crippen LogP contribution in [0, 0.1) is 0 Å². The second kappa shape index (κ2) is 9.99. The topological polar surface area (TPSA) is 114 Å². The first kappa shape index (κ1) is 24.8. The Morgan fingerprint density at radius 3 is 2.62 bits per heavy atom. The average Bonchev–Trinajstić information content (AvgIpc) is 3.68. The summed E-state index contributed by atoms with van der Waals surface area (Å²) >= 11 is 1.14. The van der Waals surface area contributed by atoms with E-state index in [0.29, 0.717) is 57.4 Å². The Bertz CT molecular complexity index is 1730. The molecule has 0 aliphatic carbocycles. The SMILES string of the molecule is CCCOc1c(OC)cc2c(c1OC)c(-c1ccc3c(c1)OCO3)c(C(=O)O)n2Cc1ccc2nsnc2c1.